The van der Waals surface area contributed by atoms with Crippen LogP contribution in [0.5, 0.6) is 0 Å². The van der Waals surface area contributed by atoms with Crippen molar-refractivity contribution in [3.05, 3.63) is 35.4 Å². The summed E-state index contributed by atoms with van der Waals surface area (Å²) in [6.45, 7) is 6.25. The Bertz CT molecular complexity index is 539. The second kappa shape index (κ2) is 6.91. The summed E-state index contributed by atoms with van der Waals surface area (Å²) in [4.78, 5) is 13.9. The van der Waals surface area contributed by atoms with E-state index < -0.39 is 5.66 Å². The van der Waals surface area contributed by atoms with Crippen molar-refractivity contribution in [3.63, 3.8) is 0 Å². The number of halogens is 1. The lowest BCUT2D eigenvalue weighted by molar-refractivity contribution is -0.166. The Kier molecular flexibility index (Phi) is 5.74. The lowest BCUT2D eigenvalue weighted by Gasteiger charge is -2.36. The predicted octanol–water partition coefficient (Wildman–Crippen LogP) is 1.94. The Morgan fingerprint density at radius 1 is 1.14 bits per heavy atom. The van der Waals surface area contributed by atoms with Gasteiger partial charge in [0.25, 0.3) is 0 Å². The molecule has 21 heavy (non-hydrogen) atoms. The van der Waals surface area contributed by atoms with E-state index in [4.69, 9.17) is 16.3 Å². The Hall–Kier alpha value is -1.60. The maximum Gasteiger partial charge on any atom is 0.226 e. The van der Waals surface area contributed by atoms with Gasteiger partial charge in [0.15, 0.2) is 5.66 Å². The number of nitrogens with two attached hydrogens (primary N) is 2. The van der Waals surface area contributed by atoms with E-state index in [1.54, 1.807) is 0 Å². The van der Waals surface area contributed by atoms with Crippen molar-refractivity contribution < 1.29 is 4.84 Å². The summed E-state index contributed by atoms with van der Waals surface area (Å²) in [5, 5.41) is 1.48. The van der Waals surface area contributed by atoms with E-state index >= 15 is 0 Å². The Labute approximate surface area is 135 Å². The number of rotatable bonds is 4. The first-order valence-electron chi connectivity index (χ1n) is 6.63. The molecule has 1 aliphatic rings. The number of nitrogens with zero attached hydrogens (tertiary/aromatic N) is 3. The van der Waals surface area contributed by atoms with Crippen LogP contribution in [0.2, 0.25) is 0 Å². The van der Waals surface area contributed by atoms with Gasteiger partial charge in [-0.2, -0.15) is 10.1 Å². The van der Waals surface area contributed by atoms with E-state index in [1.165, 1.54) is 10.6 Å². The second-order valence-corrected chi connectivity index (χ2v) is 5.17. The first-order valence-corrected chi connectivity index (χ1v) is 6.63. The minimum atomic E-state index is -0.667. The molecule has 4 N–H and O–H groups in total. The van der Waals surface area contributed by atoms with Gasteiger partial charge in [0.05, 0.1) is 0 Å². The zero-order valence-corrected chi connectivity index (χ0v) is 14.2. The highest BCUT2D eigenvalue weighted by molar-refractivity contribution is 8.93. The molecule has 1 heterocycles. The number of hydroxylamine groups is 2. The van der Waals surface area contributed by atoms with Crippen molar-refractivity contribution in [2.75, 3.05) is 0 Å². The van der Waals surface area contributed by atoms with Crippen molar-refractivity contribution in [2.24, 2.45) is 21.5 Å². The topological polar surface area (TPSA) is 89.2 Å². The summed E-state index contributed by atoms with van der Waals surface area (Å²) in [6.07, 6.45) is 1.02. The Morgan fingerprint density at radius 2 is 1.71 bits per heavy atom. The highest BCUT2D eigenvalue weighted by atomic mass is 79.9. The molecule has 0 bridgehead atoms. The molecular weight excluding hydrogens is 334 g/mol. The van der Waals surface area contributed by atoms with Gasteiger partial charge in [-0.05, 0) is 31.4 Å². The molecule has 0 amide bonds. The molecule has 0 radical (unpaired) electrons. The average molecular weight is 356 g/mol. The van der Waals surface area contributed by atoms with Crippen molar-refractivity contribution in [1.82, 2.24) is 5.06 Å². The van der Waals surface area contributed by atoms with Crippen LogP contribution < -0.4 is 11.5 Å². The lowest BCUT2D eigenvalue weighted by atomic mass is 10.1. The molecule has 0 saturated carbocycles. The molecule has 0 saturated heterocycles. The molecule has 6 nitrogen and oxygen atoms in total. The molecule has 0 atom stereocenters. The third kappa shape index (κ3) is 4.18. The minimum absolute atomic E-state index is 0. The van der Waals surface area contributed by atoms with Gasteiger partial charge in [0.1, 0.15) is 6.61 Å². The lowest BCUT2D eigenvalue weighted by Crippen LogP contribution is -2.53. The van der Waals surface area contributed by atoms with Gasteiger partial charge in [0, 0.05) is 0 Å². The van der Waals surface area contributed by atoms with Gasteiger partial charge >= 0.3 is 0 Å². The quantitative estimate of drug-likeness (QED) is 0.863. The minimum Gasteiger partial charge on any atom is -0.368 e. The van der Waals surface area contributed by atoms with Crippen LogP contribution >= 0.6 is 17.0 Å². The largest absolute Gasteiger partial charge is 0.368 e. The first kappa shape index (κ1) is 17.5. The summed E-state index contributed by atoms with van der Waals surface area (Å²) in [6, 6.07) is 8.27. The number of guanidine groups is 2. The van der Waals surface area contributed by atoms with Gasteiger partial charge in [0.2, 0.25) is 11.9 Å². The summed E-state index contributed by atoms with van der Waals surface area (Å²) >= 11 is 0. The second-order valence-electron chi connectivity index (χ2n) is 5.17. The van der Waals surface area contributed by atoms with Crippen LogP contribution in [0.25, 0.3) is 0 Å². The number of aryl methyl sites for hydroxylation is 1. The Morgan fingerprint density at radius 3 is 2.24 bits per heavy atom. The molecule has 1 aliphatic heterocycles. The molecular formula is C14H22BrN5O. The fourth-order valence-electron chi connectivity index (χ4n) is 2.03. The zero-order valence-electron chi connectivity index (χ0n) is 12.5. The predicted molar refractivity (Wildman–Crippen MR) is 90.1 cm³/mol. The van der Waals surface area contributed by atoms with Crippen LogP contribution in [0, 0.1) is 0 Å². The maximum absolute atomic E-state index is 5.84. The summed E-state index contributed by atoms with van der Waals surface area (Å²) < 4.78 is 0. The van der Waals surface area contributed by atoms with Crippen LogP contribution in [0.3, 0.4) is 0 Å². The number of hydrogen-bond donors (Lipinski definition) is 2. The van der Waals surface area contributed by atoms with Gasteiger partial charge in [-0.15, -0.1) is 17.0 Å². The molecule has 7 heteroatoms. The third-order valence-corrected chi connectivity index (χ3v) is 3.11. The van der Waals surface area contributed by atoms with Gasteiger partial charge in [-0.25, -0.2) is 4.99 Å². The van der Waals surface area contributed by atoms with Crippen LogP contribution in [0.1, 0.15) is 31.9 Å². The molecule has 0 aliphatic carbocycles. The molecule has 0 unspecified atom stereocenters. The number of benzene rings is 1. The van der Waals surface area contributed by atoms with Crippen LogP contribution in [-0.2, 0) is 17.9 Å². The van der Waals surface area contributed by atoms with E-state index in [0.29, 0.717) is 6.61 Å². The van der Waals surface area contributed by atoms with E-state index in [2.05, 4.69) is 29.0 Å². The van der Waals surface area contributed by atoms with Crippen molar-refractivity contribution >= 4 is 28.9 Å². The van der Waals surface area contributed by atoms with E-state index in [9.17, 15) is 0 Å². The number of aliphatic imine (C=N–C) groups is 2. The Balaban J connectivity index is 0.00000220. The monoisotopic (exact) mass is 355 g/mol. The molecule has 1 aromatic rings. The normalized spacial score (nSPS) is 16.8. The van der Waals surface area contributed by atoms with E-state index in [-0.39, 0.29) is 28.9 Å². The molecule has 2 rings (SSSR count). The molecule has 0 fully saturated rings. The van der Waals surface area contributed by atoms with Crippen molar-refractivity contribution in [1.29, 1.82) is 0 Å². The molecule has 116 valence electrons. The summed E-state index contributed by atoms with van der Waals surface area (Å²) in [5.74, 6) is 0.382. The standard InChI is InChI=1S/C14H21N5O.BrH/c1-4-10-5-7-11(8-6-10)9-20-19-13(16)17-12(15)18-14(19,2)3;/h5-8H,4,9H2,1-3H3,(H4,15,16,17,18);1H. The van der Waals surface area contributed by atoms with Gasteiger partial charge in [-0.3, -0.25) is 4.84 Å². The summed E-state index contributed by atoms with van der Waals surface area (Å²) in [5.41, 5.74) is 13.1. The van der Waals surface area contributed by atoms with E-state index in [1.807, 2.05) is 26.0 Å². The molecule has 1 aromatic carbocycles. The van der Waals surface area contributed by atoms with Gasteiger partial charge in [-0.1, -0.05) is 31.2 Å². The first-order chi connectivity index (χ1) is 9.42. The highest BCUT2D eigenvalue weighted by Crippen LogP contribution is 2.20. The maximum atomic E-state index is 5.84. The molecule has 0 aromatic heterocycles. The van der Waals surface area contributed by atoms with E-state index in [0.717, 1.165) is 12.0 Å². The average Bonchev–Trinajstić information content (AvgIpc) is 2.37. The smallest absolute Gasteiger partial charge is 0.226 e. The van der Waals surface area contributed by atoms with Crippen LogP contribution in [0.15, 0.2) is 34.3 Å². The highest BCUT2D eigenvalue weighted by Gasteiger charge is 2.33. The SMILES string of the molecule is Br.CCc1ccc(CON2C(N)=NC(N)=NC2(C)C)cc1. The summed E-state index contributed by atoms with van der Waals surface area (Å²) in [7, 11) is 0. The van der Waals surface area contributed by atoms with Crippen LogP contribution in [0.4, 0.5) is 0 Å². The van der Waals surface area contributed by atoms with Crippen molar-refractivity contribution in [2.45, 2.75) is 39.5 Å². The molecule has 0 spiro atoms. The third-order valence-electron chi connectivity index (χ3n) is 3.11. The number of hydrogen-bond acceptors (Lipinski definition) is 6. The fourth-order valence-corrected chi connectivity index (χ4v) is 2.03. The fraction of sp³-hybridized carbons (Fsp3) is 0.429. The van der Waals surface area contributed by atoms with Crippen molar-refractivity contribution in [3.8, 4) is 0 Å². The van der Waals surface area contributed by atoms with Crippen LogP contribution in [-0.4, -0.2) is 22.6 Å². The van der Waals surface area contributed by atoms with Gasteiger partial charge < -0.3 is 11.5 Å². The zero-order chi connectivity index (χ0) is 14.8.